The fourth-order valence-corrected chi connectivity index (χ4v) is 2.42. The largest absolute Gasteiger partial charge is 0.377 e. The first-order valence-corrected chi connectivity index (χ1v) is 6.68. The lowest BCUT2D eigenvalue weighted by Crippen LogP contribution is -2.41. The van der Waals surface area contributed by atoms with Crippen LogP contribution in [0.1, 0.15) is 38.4 Å². The summed E-state index contributed by atoms with van der Waals surface area (Å²) in [6, 6.07) is 0.0771. The van der Waals surface area contributed by atoms with Gasteiger partial charge in [-0.25, -0.2) is 4.98 Å². The Morgan fingerprint density at radius 3 is 3.18 bits per heavy atom. The molecular weight excluding hydrogens is 214 g/mol. The second-order valence-corrected chi connectivity index (χ2v) is 4.81. The number of hydrogen-bond acceptors (Lipinski definition) is 3. The van der Waals surface area contributed by atoms with Gasteiger partial charge in [0.2, 0.25) is 0 Å². The average molecular weight is 237 g/mol. The van der Waals surface area contributed by atoms with Crippen molar-refractivity contribution in [2.45, 2.75) is 57.7 Å². The fraction of sp³-hybridized carbons (Fsp3) is 0.769. The molecule has 2 unspecified atom stereocenters. The van der Waals surface area contributed by atoms with E-state index in [9.17, 15) is 0 Å². The zero-order valence-electron chi connectivity index (χ0n) is 10.6. The van der Waals surface area contributed by atoms with Crippen molar-refractivity contribution in [3.8, 4) is 0 Å². The second-order valence-electron chi connectivity index (χ2n) is 4.81. The number of imidazole rings is 1. The van der Waals surface area contributed by atoms with Gasteiger partial charge in [0.15, 0.2) is 0 Å². The van der Waals surface area contributed by atoms with Gasteiger partial charge in [-0.3, -0.25) is 0 Å². The molecule has 4 heteroatoms. The molecule has 0 aromatic carbocycles. The van der Waals surface area contributed by atoms with E-state index < -0.39 is 0 Å². The van der Waals surface area contributed by atoms with Gasteiger partial charge in [0, 0.05) is 38.0 Å². The number of aromatic nitrogens is 2. The number of hydrogen-bond donors (Lipinski definition) is 1. The van der Waals surface area contributed by atoms with E-state index >= 15 is 0 Å². The number of ether oxygens (including phenoxy) is 1. The molecule has 96 valence electrons. The molecule has 0 saturated carbocycles. The molecule has 2 atom stereocenters. The van der Waals surface area contributed by atoms with E-state index in [2.05, 4.69) is 16.5 Å². The highest BCUT2D eigenvalue weighted by molar-refractivity contribution is 4.97. The molecule has 1 aliphatic heterocycles. The van der Waals surface area contributed by atoms with E-state index in [4.69, 9.17) is 10.5 Å². The maximum atomic E-state index is 6.23. The topological polar surface area (TPSA) is 53.1 Å². The van der Waals surface area contributed by atoms with Crippen molar-refractivity contribution >= 4 is 0 Å². The van der Waals surface area contributed by atoms with E-state index in [1.165, 1.54) is 12.8 Å². The molecule has 0 bridgehead atoms. The summed E-state index contributed by atoms with van der Waals surface area (Å²) < 4.78 is 7.92. The minimum atomic E-state index is 0.0771. The molecule has 0 radical (unpaired) electrons. The van der Waals surface area contributed by atoms with Gasteiger partial charge < -0.3 is 15.0 Å². The summed E-state index contributed by atoms with van der Waals surface area (Å²) in [5.74, 6) is 1.09. The molecule has 2 heterocycles. The van der Waals surface area contributed by atoms with Crippen LogP contribution in [0, 0.1) is 0 Å². The van der Waals surface area contributed by atoms with Gasteiger partial charge in [-0.2, -0.15) is 0 Å². The van der Waals surface area contributed by atoms with Crippen molar-refractivity contribution in [2.75, 3.05) is 6.61 Å². The van der Waals surface area contributed by atoms with Gasteiger partial charge in [-0.15, -0.1) is 0 Å². The Hall–Kier alpha value is -0.870. The monoisotopic (exact) mass is 237 g/mol. The Bertz CT molecular complexity index is 331. The molecule has 1 saturated heterocycles. The van der Waals surface area contributed by atoms with Gasteiger partial charge in [0.25, 0.3) is 0 Å². The Balaban J connectivity index is 1.92. The van der Waals surface area contributed by atoms with Crippen LogP contribution in [0.25, 0.3) is 0 Å². The van der Waals surface area contributed by atoms with Gasteiger partial charge in [0.05, 0.1) is 6.10 Å². The highest BCUT2D eigenvalue weighted by Gasteiger charge is 2.22. The van der Waals surface area contributed by atoms with Crippen LogP contribution >= 0.6 is 0 Å². The molecular formula is C13H23N3O. The third kappa shape index (κ3) is 3.30. The van der Waals surface area contributed by atoms with E-state index in [0.29, 0.717) is 0 Å². The molecule has 1 aromatic rings. The minimum Gasteiger partial charge on any atom is -0.377 e. The molecule has 1 fully saturated rings. The predicted octanol–water partition coefficient (Wildman–Crippen LogP) is 1.73. The van der Waals surface area contributed by atoms with E-state index in [-0.39, 0.29) is 12.1 Å². The van der Waals surface area contributed by atoms with Crippen LogP contribution in [0.3, 0.4) is 0 Å². The maximum Gasteiger partial charge on any atom is 0.110 e. The Labute approximate surface area is 103 Å². The molecule has 0 amide bonds. The molecule has 17 heavy (non-hydrogen) atoms. The Morgan fingerprint density at radius 2 is 2.47 bits per heavy atom. The summed E-state index contributed by atoms with van der Waals surface area (Å²) in [6.07, 6.45) is 9.56. The second kappa shape index (κ2) is 6.17. The summed E-state index contributed by atoms with van der Waals surface area (Å²) in [7, 11) is 0. The summed E-state index contributed by atoms with van der Waals surface area (Å²) in [5, 5.41) is 0. The molecule has 2 N–H and O–H groups in total. The highest BCUT2D eigenvalue weighted by atomic mass is 16.5. The van der Waals surface area contributed by atoms with Crippen LogP contribution in [0.2, 0.25) is 0 Å². The predicted molar refractivity (Wildman–Crippen MR) is 67.8 cm³/mol. The van der Waals surface area contributed by atoms with Crippen molar-refractivity contribution in [1.82, 2.24) is 9.55 Å². The Kier molecular flexibility index (Phi) is 4.57. The molecule has 1 aliphatic rings. The third-order valence-electron chi connectivity index (χ3n) is 3.38. The minimum absolute atomic E-state index is 0.0771. The van der Waals surface area contributed by atoms with Crippen molar-refractivity contribution in [2.24, 2.45) is 5.73 Å². The zero-order chi connectivity index (χ0) is 12.1. The van der Waals surface area contributed by atoms with Gasteiger partial charge in [-0.1, -0.05) is 6.92 Å². The lowest BCUT2D eigenvalue weighted by molar-refractivity contribution is 0.000156. The van der Waals surface area contributed by atoms with Crippen molar-refractivity contribution in [3.63, 3.8) is 0 Å². The fourth-order valence-electron chi connectivity index (χ4n) is 2.42. The van der Waals surface area contributed by atoms with Crippen LogP contribution in [-0.4, -0.2) is 28.3 Å². The molecule has 0 aliphatic carbocycles. The number of aryl methyl sites for hydroxylation is 1. The smallest absolute Gasteiger partial charge is 0.110 e. The highest BCUT2D eigenvalue weighted by Crippen LogP contribution is 2.17. The number of nitrogens with zero attached hydrogens (tertiary/aromatic N) is 2. The molecule has 2 rings (SSSR count). The van der Waals surface area contributed by atoms with Gasteiger partial charge in [-0.05, 0) is 25.7 Å². The number of nitrogens with two attached hydrogens (primary N) is 1. The first-order valence-electron chi connectivity index (χ1n) is 6.68. The SMILES string of the molecule is CCCn1ccnc1CC(N)C1CCCCO1. The van der Waals surface area contributed by atoms with E-state index in [1.807, 2.05) is 12.4 Å². The number of rotatable bonds is 5. The van der Waals surface area contributed by atoms with Crippen LogP contribution in [0.5, 0.6) is 0 Å². The lowest BCUT2D eigenvalue weighted by Gasteiger charge is -2.27. The third-order valence-corrected chi connectivity index (χ3v) is 3.38. The van der Waals surface area contributed by atoms with Crippen molar-refractivity contribution in [1.29, 1.82) is 0 Å². The zero-order valence-corrected chi connectivity index (χ0v) is 10.6. The average Bonchev–Trinajstić information content (AvgIpc) is 2.78. The first-order chi connectivity index (χ1) is 8.31. The summed E-state index contributed by atoms with van der Waals surface area (Å²) in [6.45, 7) is 4.06. The van der Waals surface area contributed by atoms with Gasteiger partial charge in [0.1, 0.15) is 5.82 Å². The molecule has 4 nitrogen and oxygen atoms in total. The lowest BCUT2D eigenvalue weighted by atomic mass is 10.00. The van der Waals surface area contributed by atoms with Crippen molar-refractivity contribution in [3.05, 3.63) is 18.2 Å². The van der Waals surface area contributed by atoms with E-state index in [1.54, 1.807) is 0 Å². The van der Waals surface area contributed by atoms with Crippen LogP contribution in [-0.2, 0) is 17.7 Å². The standard InChI is InChI=1S/C13H23N3O/c1-2-7-16-8-6-15-13(16)10-11(14)12-5-3-4-9-17-12/h6,8,11-12H,2-5,7,9-10,14H2,1H3. The van der Waals surface area contributed by atoms with Gasteiger partial charge >= 0.3 is 0 Å². The maximum absolute atomic E-state index is 6.23. The summed E-state index contributed by atoms with van der Waals surface area (Å²) >= 11 is 0. The molecule has 0 spiro atoms. The van der Waals surface area contributed by atoms with Crippen LogP contribution in [0.4, 0.5) is 0 Å². The summed E-state index contributed by atoms with van der Waals surface area (Å²) in [5.41, 5.74) is 6.23. The van der Waals surface area contributed by atoms with Crippen LogP contribution in [0.15, 0.2) is 12.4 Å². The Morgan fingerprint density at radius 1 is 1.59 bits per heavy atom. The van der Waals surface area contributed by atoms with E-state index in [0.717, 1.165) is 38.2 Å². The molecule has 1 aromatic heterocycles. The summed E-state index contributed by atoms with van der Waals surface area (Å²) in [4.78, 5) is 4.40. The van der Waals surface area contributed by atoms with Crippen LogP contribution < -0.4 is 5.73 Å². The van der Waals surface area contributed by atoms with Crippen molar-refractivity contribution < 1.29 is 4.74 Å². The first kappa shape index (κ1) is 12.6. The normalized spacial score (nSPS) is 22.6. The quantitative estimate of drug-likeness (QED) is 0.848.